The molecule has 0 aliphatic heterocycles. The van der Waals surface area contributed by atoms with E-state index < -0.39 is 0 Å². The number of hydrogen-bond donors (Lipinski definition) is 1. The Labute approximate surface area is 97.5 Å². The summed E-state index contributed by atoms with van der Waals surface area (Å²) in [5.74, 6) is 0.917. The second-order valence-electron chi connectivity index (χ2n) is 5.30. The van der Waals surface area contributed by atoms with E-state index in [1.165, 1.54) is 37.1 Å². The van der Waals surface area contributed by atoms with E-state index in [1.54, 1.807) is 0 Å². The summed E-state index contributed by atoms with van der Waals surface area (Å²) in [7, 11) is 0. The first-order chi connectivity index (χ1) is 7.12. The number of nitrogens with zero attached hydrogens (tertiary/aromatic N) is 2. The minimum absolute atomic E-state index is 0.259. The summed E-state index contributed by atoms with van der Waals surface area (Å²) in [4.78, 5) is 4.51. The van der Waals surface area contributed by atoms with Gasteiger partial charge in [-0.15, -0.1) is 0 Å². The van der Waals surface area contributed by atoms with Crippen molar-refractivity contribution in [1.29, 1.82) is 0 Å². The van der Waals surface area contributed by atoms with E-state index in [0.29, 0.717) is 0 Å². The Morgan fingerprint density at radius 3 is 2.87 bits per heavy atom. The van der Waals surface area contributed by atoms with Crippen LogP contribution in [0.15, 0.2) is 6.33 Å². The first-order valence-electron chi connectivity index (χ1n) is 5.76. The molecule has 1 heterocycles. The van der Waals surface area contributed by atoms with Crippen LogP contribution < -0.4 is 0 Å². The van der Waals surface area contributed by atoms with Crippen molar-refractivity contribution in [3.8, 4) is 0 Å². The van der Waals surface area contributed by atoms with E-state index >= 15 is 0 Å². The van der Waals surface area contributed by atoms with E-state index in [1.807, 2.05) is 6.33 Å². The van der Waals surface area contributed by atoms with Crippen LogP contribution in [0, 0.1) is 5.41 Å². The van der Waals surface area contributed by atoms with Gasteiger partial charge in [0, 0.05) is 12.2 Å². The zero-order chi connectivity index (χ0) is 10.9. The molecule has 0 saturated heterocycles. The van der Waals surface area contributed by atoms with Crippen LogP contribution in [0.3, 0.4) is 0 Å². The van der Waals surface area contributed by atoms with Crippen LogP contribution in [-0.2, 0) is 19.4 Å². The number of aromatic nitrogens is 2. The number of fused-ring (bicyclic) bond motifs is 1. The summed E-state index contributed by atoms with van der Waals surface area (Å²) in [6.45, 7) is 5.56. The Hall–Kier alpha value is -0.440. The molecule has 15 heavy (non-hydrogen) atoms. The lowest BCUT2D eigenvalue weighted by molar-refractivity contribution is 0.346. The molecule has 0 atom stereocenters. The summed E-state index contributed by atoms with van der Waals surface area (Å²) in [6.07, 6.45) is 7.02. The molecule has 1 aromatic heterocycles. The molecule has 0 unspecified atom stereocenters. The third-order valence-electron chi connectivity index (χ3n) is 3.14. The smallest absolute Gasteiger partial charge is 0.0951 e. The predicted molar refractivity (Wildman–Crippen MR) is 66.5 cm³/mol. The summed E-state index contributed by atoms with van der Waals surface area (Å²) in [5.41, 5.74) is 3.06. The van der Waals surface area contributed by atoms with Crippen LogP contribution in [0.5, 0.6) is 0 Å². The van der Waals surface area contributed by atoms with Crippen LogP contribution in [-0.4, -0.2) is 15.3 Å². The molecule has 1 aliphatic rings. The Morgan fingerprint density at radius 1 is 1.40 bits per heavy atom. The van der Waals surface area contributed by atoms with Gasteiger partial charge in [0.25, 0.3) is 0 Å². The molecule has 84 valence electrons. The molecule has 2 rings (SSSR count). The maximum atomic E-state index is 4.51. The highest BCUT2D eigenvalue weighted by Gasteiger charge is 2.21. The maximum Gasteiger partial charge on any atom is 0.0951 e. The Morgan fingerprint density at radius 2 is 2.13 bits per heavy atom. The summed E-state index contributed by atoms with van der Waals surface area (Å²) >= 11 is 4.40. The van der Waals surface area contributed by atoms with Crippen molar-refractivity contribution in [3.05, 3.63) is 17.7 Å². The molecule has 0 aromatic carbocycles. The van der Waals surface area contributed by atoms with Crippen LogP contribution in [0.2, 0.25) is 0 Å². The number of aryl methyl sites for hydroxylation is 1. The zero-order valence-corrected chi connectivity index (χ0v) is 10.6. The lowest BCUT2D eigenvalue weighted by atomic mass is 9.95. The van der Waals surface area contributed by atoms with Crippen molar-refractivity contribution in [2.45, 2.75) is 46.1 Å². The van der Waals surface area contributed by atoms with E-state index in [-0.39, 0.29) is 5.41 Å². The quantitative estimate of drug-likeness (QED) is 0.782. The molecule has 0 spiro atoms. The first kappa shape index (κ1) is 11.1. The van der Waals surface area contributed by atoms with Gasteiger partial charge in [-0.3, -0.25) is 0 Å². The second kappa shape index (κ2) is 4.20. The number of rotatable bonds is 3. The Bertz CT molecular complexity index is 341. The molecular formula is C12H20N2S. The van der Waals surface area contributed by atoms with E-state index in [2.05, 4.69) is 36.0 Å². The molecule has 0 amide bonds. The molecule has 0 radical (unpaired) electrons. The van der Waals surface area contributed by atoms with Crippen molar-refractivity contribution >= 4 is 12.6 Å². The number of imidazole rings is 1. The van der Waals surface area contributed by atoms with Crippen molar-refractivity contribution < 1.29 is 0 Å². The van der Waals surface area contributed by atoms with E-state index in [4.69, 9.17) is 0 Å². The largest absolute Gasteiger partial charge is 0.334 e. The molecule has 0 fully saturated rings. The van der Waals surface area contributed by atoms with Gasteiger partial charge in [0.1, 0.15) is 0 Å². The monoisotopic (exact) mass is 224 g/mol. The van der Waals surface area contributed by atoms with Crippen molar-refractivity contribution in [3.63, 3.8) is 0 Å². The van der Waals surface area contributed by atoms with Crippen molar-refractivity contribution in [2.75, 3.05) is 5.75 Å². The second-order valence-corrected chi connectivity index (χ2v) is 5.61. The van der Waals surface area contributed by atoms with Crippen LogP contribution in [0.1, 0.15) is 38.1 Å². The number of hydrogen-bond acceptors (Lipinski definition) is 2. The molecular weight excluding hydrogens is 204 g/mol. The molecule has 3 heteroatoms. The molecule has 0 N–H and O–H groups in total. The third-order valence-corrected chi connectivity index (χ3v) is 3.99. The standard InChI is InChI=1S/C12H20N2S/c1-12(2,8-15)7-14-9-13-10-5-3-4-6-11(10)14/h9,15H,3-8H2,1-2H3. The first-order valence-corrected chi connectivity index (χ1v) is 6.39. The minimum atomic E-state index is 0.259. The third kappa shape index (κ3) is 2.39. The van der Waals surface area contributed by atoms with Gasteiger partial charge in [-0.05, 0) is 36.9 Å². The summed E-state index contributed by atoms with van der Waals surface area (Å²) in [6, 6.07) is 0. The van der Waals surface area contributed by atoms with Crippen LogP contribution in [0.25, 0.3) is 0 Å². The zero-order valence-electron chi connectivity index (χ0n) is 9.66. The lowest BCUT2D eigenvalue weighted by Crippen LogP contribution is -2.23. The molecule has 1 aliphatic carbocycles. The summed E-state index contributed by atoms with van der Waals surface area (Å²) in [5, 5.41) is 0. The average molecular weight is 224 g/mol. The maximum absolute atomic E-state index is 4.51. The predicted octanol–water partition coefficient (Wildman–Crippen LogP) is 2.72. The van der Waals surface area contributed by atoms with Gasteiger partial charge in [-0.1, -0.05) is 13.8 Å². The SMILES string of the molecule is CC(C)(CS)Cn1cnc2c1CCCC2. The molecule has 0 saturated carbocycles. The molecule has 1 aromatic rings. The topological polar surface area (TPSA) is 17.8 Å². The Kier molecular flexibility index (Phi) is 3.10. The van der Waals surface area contributed by atoms with Gasteiger partial charge in [0.05, 0.1) is 12.0 Å². The average Bonchev–Trinajstić information content (AvgIpc) is 2.62. The highest BCUT2D eigenvalue weighted by atomic mass is 32.1. The molecule has 2 nitrogen and oxygen atoms in total. The fourth-order valence-electron chi connectivity index (χ4n) is 2.18. The normalized spacial score (nSPS) is 16.5. The van der Waals surface area contributed by atoms with Crippen LogP contribution >= 0.6 is 12.6 Å². The number of thiol groups is 1. The van der Waals surface area contributed by atoms with Gasteiger partial charge in [-0.25, -0.2) is 4.98 Å². The van der Waals surface area contributed by atoms with Gasteiger partial charge in [0.15, 0.2) is 0 Å². The van der Waals surface area contributed by atoms with Gasteiger partial charge >= 0.3 is 0 Å². The van der Waals surface area contributed by atoms with Crippen molar-refractivity contribution in [2.24, 2.45) is 5.41 Å². The minimum Gasteiger partial charge on any atom is -0.334 e. The lowest BCUT2D eigenvalue weighted by Gasteiger charge is -2.24. The molecule has 0 bridgehead atoms. The fourth-order valence-corrected chi connectivity index (χ4v) is 2.28. The highest BCUT2D eigenvalue weighted by Crippen LogP contribution is 2.25. The van der Waals surface area contributed by atoms with Gasteiger partial charge in [0.2, 0.25) is 0 Å². The fraction of sp³-hybridized carbons (Fsp3) is 0.750. The highest BCUT2D eigenvalue weighted by molar-refractivity contribution is 7.80. The van der Waals surface area contributed by atoms with Crippen LogP contribution in [0.4, 0.5) is 0 Å². The van der Waals surface area contributed by atoms with Crippen molar-refractivity contribution in [1.82, 2.24) is 9.55 Å². The van der Waals surface area contributed by atoms with E-state index in [0.717, 1.165) is 12.3 Å². The summed E-state index contributed by atoms with van der Waals surface area (Å²) < 4.78 is 2.34. The Balaban J connectivity index is 2.19. The van der Waals surface area contributed by atoms with Gasteiger partial charge in [-0.2, -0.15) is 12.6 Å². The van der Waals surface area contributed by atoms with Gasteiger partial charge < -0.3 is 4.57 Å². The van der Waals surface area contributed by atoms with E-state index in [9.17, 15) is 0 Å².